The van der Waals surface area contributed by atoms with E-state index in [1.807, 2.05) is 10.7 Å². The zero-order chi connectivity index (χ0) is 18.5. The molecule has 1 saturated carbocycles. The summed E-state index contributed by atoms with van der Waals surface area (Å²) < 4.78 is 37.9. The summed E-state index contributed by atoms with van der Waals surface area (Å²) in [4.78, 5) is 0.300. The van der Waals surface area contributed by atoms with Gasteiger partial charge in [-0.1, -0.05) is 0 Å². The molecular formula is C17H25N5O3S. The van der Waals surface area contributed by atoms with Crippen molar-refractivity contribution in [3.63, 3.8) is 0 Å². The van der Waals surface area contributed by atoms with Gasteiger partial charge in [-0.05, 0) is 38.7 Å². The van der Waals surface area contributed by atoms with Crippen LogP contribution < -0.4 is 0 Å². The molecule has 0 N–H and O–H groups in total. The van der Waals surface area contributed by atoms with Gasteiger partial charge in [0, 0.05) is 26.4 Å². The molecule has 8 nitrogen and oxygen atoms in total. The molecule has 0 spiro atoms. The Kier molecular flexibility index (Phi) is 4.40. The molecule has 1 aliphatic carbocycles. The van der Waals surface area contributed by atoms with Crippen LogP contribution in [-0.2, 0) is 34.9 Å². The predicted molar refractivity (Wildman–Crippen MR) is 95.0 cm³/mol. The summed E-state index contributed by atoms with van der Waals surface area (Å²) in [6, 6.07) is 1.87. The van der Waals surface area contributed by atoms with Gasteiger partial charge in [0.15, 0.2) is 0 Å². The predicted octanol–water partition coefficient (Wildman–Crippen LogP) is 1.23. The van der Waals surface area contributed by atoms with Gasteiger partial charge in [-0.2, -0.15) is 14.5 Å². The average molecular weight is 379 g/mol. The van der Waals surface area contributed by atoms with Crippen LogP contribution in [0.5, 0.6) is 0 Å². The van der Waals surface area contributed by atoms with Gasteiger partial charge in [0.25, 0.3) is 0 Å². The Bertz CT molecular complexity index is 913. The van der Waals surface area contributed by atoms with Crippen LogP contribution in [0.4, 0.5) is 0 Å². The summed E-state index contributed by atoms with van der Waals surface area (Å²) in [6.45, 7) is 5.41. The van der Waals surface area contributed by atoms with Crippen molar-refractivity contribution < 1.29 is 13.2 Å². The second kappa shape index (κ2) is 6.47. The van der Waals surface area contributed by atoms with Crippen molar-refractivity contribution in [3.05, 3.63) is 29.3 Å². The molecule has 0 aromatic carbocycles. The highest BCUT2D eigenvalue weighted by atomic mass is 32.2. The molecule has 0 amide bonds. The van der Waals surface area contributed by atoms with E-state index in [1.165, 1.54) is 17.1 Å². The molecule has 4 rings (SSSR count). The second-order valence-electron chi connectivity index (χ2n) is 7.32. The van der Waals surface area contributed by atoms with E-state index in [1.54, 1.807) is 31.8 Å². The highest BCUT2D eigenvalue weighted by molar-refractivity contribution is 7.89. The number of sulfonamides is 1. The van der Waals surface area contributed by atoms with Crippen LogP contribution in [0, 0.1) is 19.8 Å². The lowest BCUT2D eigenvalue weighted by Gasteiger charge is -2.24. The smallest absolute Gasteiger partial charge is 0.247 e. The van der Waals surface area contributed by atoms with Crippen molar-refractivity contribution in [3.8, 4) is 0 Å². The zero-order valence-corrected chi connectivity index (χ0v) is 16.2. The zero-order valence-electron chi connectivity index (χ0n) is 15.4. The molecule has 1 unspecified atom stereocenters. The molecule has 2 aliphatic rings. The lowest BCUT2D eigenvalue weighted by atomic mass is 10.3. The quantitative estimate of drug-likeness (QED) is 0.780. The summed E-state index contributed by atoms with van der Waals surface area (Å²) in [5.41, 5.74) is 2.05. The third kappa shape index (κ3) is 3.19. The van der Waals surface area contributed by atoms with Crippen molar-refractivity contribution in [1.82, 2.24) is 23.9 Å². The van der Waals surface area contributed by atoms with Gasteiger partial charge >= 0.3 is 0 Å². The summed E-state index contributed by atoms with van der Waals surface area (Å²) >= 11 is 0. The number of aryl methyl sites for hydroxylation is 2. The van der Waals surface area contributed by atoms with Gasteiger partial charge in [0.1, 0.15) is 4.90 Å². The summed E-state index contributed by atoms with van der Waals surface area (Å²) in [5.74, 6) is 0.628. The Morgan fingerprint density at radius 3 is 2.69 bits per heavy atom. The van der Waals surface area contributed by atoms with Crippen molar-refractivity contribution in [2.45, 2.75) is 50.8 Å². The van der Waals surface area contributed by atoms with Gasteiger partial charge in [0.05, 0.1) is 36.3 Å². The third-order valence-electron chi connectivity index (χ3n) is 5.23. The molecule has 2 aromatic heterocycles. The Morgan fingerprint density at radius 1 is 1.27 bits per heavy atom. The minimum atomic E-state index is -3.67. The SMILES string of the molecule is Cc1nn(C)c(C)c1S(=O)(=O)N1Cc2ccnn2CC(OCC2CC2)C1. The lowest BCUT2D eigenvalue weighted by molar-refractivity contribution is 0.0258. The number of nitrogens with zero attached hydrogens (tertiary/aromatic N) is 5. The first kappa shape index (κ1) is 17.7. The van der Waals surface area contributed by atoms with E-state index in [9.17, 15) is 8.42 Å². The van der Waals surface area contributed by atoms with Crippen molar-refractivity contribution in [1.29, 1.82) is 0 Å². The normalized spacial score (nSPS) is 21.6. The minimum Gasteiger partial charge on any atom is -0.375 e. The number of fused-ring (bicyclic) bond motifs is 1. The first-order valence-corrected chi connectivity index (χ1v) is 10.4. The number of hydrogen-bond donors (Lipinski definition) is 0. The van der Waals surface area contributed by atoms with Gasteiger partial charge in [-0.15, -0.1) is 0 Å². The van der Waals surface area contributed by atoms with E-state index >= 15 is 0 Å². The molecule has 1 aliphatic heterocycles. The van der Waals surface area contributed by atoms with E-state index in [2.05, 4.69) is 10.2 Å². The molecule has 1 atom stereocenters. The fraction of sp³-hybridized carbons (Fsp3) is 0.647. The van der Waals surface area contributed by atoms with E-state index in [0.717, 1.165) is 5.69 Å². The van der Waals surface area contributed by atoms with Crippen LogP contribution in [-0.4, -0.2) is 51.5 Å². The maximum atomic E-state index is 13.4. The first-order chi connectivity index (χ1) is 12.4. The molecule has 1 fully saturated rings. The van der Waals surface area contributed by atoms with E-state index < -0.39 is 10.0 Å². The van der Waals surface area contributed by atoms with Crippen LogP contribution in [0.1, 0.15) is 29.9 Å². The average Bonchev–Trinajstić information content (AvgIpc) is 3.28. The largest absolute Gasteiger partial charge is 0.375 e. The van der Waals surface area contributed by atoms with Crippen molar-refractivity contribution in [2.24, 2.45) is 13.0 Å². The number of rotatable bonds is 5. The molecule has 0 bridgehead atoms. The highest BCUT2D eigenvalue weighted by Crippen LogP contribution is 2.30. The number of hydrogen-bond acceptors (Lipinski definition) is 5. The summed E-state index contributed by atoms with van der Waals surface area (Å²) in [6.07, 6.45) is 3.92. The van der Waals surface area contributed by atoms with E-state index in [-0.39, 0.29) is 6.10 Å². The number of ether oxygens (including phenoxy) is 1. The van der Waals surface area contributed by atoms with Crippen LogP contribution in [0.2, 0.25) is 0 Å². The standard InChI is InChI=1S/C17H25N5O3S/c1-12-17(13(2)20(3)19-12)26(23,24)21-8-15-6-7-18-22(15)10-16(9-21)25-11-14-4-5-14/h6-7,14,16H,4-5,8-11H2,1-3H3. The Hall–Kier alpha value is -1.71. The molecule has 0 saturated heterocycles. The lowest BCUT2D eigenvalue weighted by Crippen LogP contribution is -2.38. The Labute approximate surface area is 153 Å². The minimum absolute atomic E-state index is 0.205. The molecular weight excluding hydrogens is 354 g/mol. The fourth-order valence-electron chi connectivity index (χ4n) is 3.48. The first-order valence-electron chi connectivity index (χ1n) is 8.99. The van der Waals surface area contributed by atoms with E-state index in [4.69, 9.17) is 4.74 Å². The van der Waals surface area contributed by atoms with Crippen LogP contribution in [0.15, 0.2) is 17.2 Å². The van der Waals surface area contributed by atoms with Gasteiger partial charge in [-0.3, -0.25) is 9.36 Å². The van der Waals surface area contributed by atoms with Gasteiger partial charge in [-0.25, -0.2) is 8.42 Å². The number of aromatic nitrogens is 4. The van der Waals surface area contributed by atoms with Crippen LogP contribution in [0.3, 0.4) is 0 Å². The summed E-state index contributed by atoms with van der Waals surface area (Å²) in [7, 11) is -1.91. The highest BCUT2D eigenvalue weighted by Gasteiger charge is 2.35. The third-order valence-corrected chi connectivity index (χ3v) is 7.30. The van der Waals surface area contributed by atoms with Gasteiger partial charge in [0.2, 0.25) is 10.0 Å². The molecule has 2 aromatic rings. The molecule has 142 valence electrons. The molecule has 0 radical (unpaired) electrons. The second-order valence-corrected chi connectivity index (χ2v) is 9.20. The molecule has 3 heterocycles. The van der Waals surface area contributed by atoms with Crippen LogP contribution in [0.25, 0.3) is 0 Å². The monoisotopic (exact) mass is 379 g/mol. The Morgan fingerprint density at radius 2 is 2.04 bits per heavy atom. The molecule has 26 heavy (non-hydrogen) atoms. The Balaban J connectivity index is 1.66. The molecule has 9 heteroatoms. The van der Waals surface area contributed by atoms with E-state index in [0.29, 0.717) is 48.4 Å². The van der Waals surface area contributed by atoms with Crippen molar-refractivity contribution in [2.75, 3.05) is 13.2 Å². The summed E-state index contributed by atoms with van der Waals surface area (Å²) in [5, 5.41) is 8.62. The fourth-order valence-corrected chi connectivity index (χ4v) is 5.33. The van der Waals surface area contributed by atoms with Crippen molar-refractivity contribution >= 4 is 10.0 Å². The maximum Gasteiger partial charge on any atom is 0.247 e. The van der Waals surface area contributed by atoms with Crippen LogP contribution >= 0.6 is 0 Å². The topological polar surface area (TPSA) is 82.3 Å². The maximum absolute atomic E-state index is 13.4. The van der Waals surface area contributed by atoms with Gasteiger partial charge < -0.3 is 4.74 Å².